The van der Waals surface area contributed by atoms with Crippen molar-refractivity contribution in [3.8, 4) is 0 Å². The van der Waals surface area contributed by atoms with Crippen molar-refractivity contribution in [3.05, 3.63) is 11.0 Å². The third kappa shape index (κ3) is 2.41. The van der Waals surface area contributed by atoms with Crippen LogP contribution >= 0.6 is 11.8 Å². The van der Waals surface area contributed by atoms with Crippen molar-refractivity contribution in [3.63, 3.8) is 0 Å². The molecule has 0 spiro atoms. The second-order valence-electron chi connectivity index (χ2n) is 2.13. The largest absolute Gasteiger partial charge is 0.396 e. The molecule has 1 nitrogen and oxygen atoms in total. The molecule has 0 bridgehead atoms. The molecule has 0 aromatic rings. The Labute approximate surface area is 60.2 Å². The highest BCUT2D eigenvalue weighted by molar-refractivity contribution is 8.03. The number of hydrogen-bond donors (Lipinski definition) is 1. The van der Waals surface area contributed by atoms with E-state index in [9.17, 15) is 0 Å². The summed E-state index contributed by atoms with van der Waals surface area (Å²) in [7, 11) is 0. The highest BCUT2D eigenvalue weighted by atomic mass is 32.2. The van der Waals surface area contributed by atoms with E-state index in [0.29, 0.717) is 6.61 Å². The van der Waals surface area contributed by atoms with Gasteiger partial charge in [-0.2, -0.15) is 0 Å². The number of aliphatic hydroxyl groups is 1. The second kappa shape index (κ2) is 3.96. The number of rotatable bonds is 2. The Morgan fingerprint density at radius 1 is 1.67 bits per heavy atom. The monoisotopic (exact) mass is 144 g/mol. The zero-order chi connectivity index (χ0) is 6.53. The van der Waals surface area contributed by atoms with Crippen LogP contribution in [0.5, 0.6) is 0 Å². The molecule has 0 saturated carbocycles. The minimum Gasteiger partial charge on any atom is -0.396 e. The van der Waals surface area contributed by atoms with Gasteiger partial charge in [-0.3, -0.25) is 0 Å². The Morgan fingerprint density at radius 3 is 3.11 bits per heavy atom. The van der Waals surface area contributed by atoms with Crippen LogP contribution in [0.25, 0.3) is 0 Å². The summed E-state index contributed by atoms with van der Waals surface area (Å²) in [4.78, 5) is 1.38. The molecule has 0 aromatic carbocycles. The number of thioether (sulfide) groups is 1. The van der Waals surface area contributed by atoms with Gasteiger partial charge < -0.3 is 5.11 Å². The van der Waals surface area contributed by atoms with Crippen LogP contribution in [0.1, 0.15) is 19.3 Å². The van der Waals surface area contributed by atoms with Gasteiger partial charge in [-0.05, 0) is 23.5 Å². The van der Waals surface area contributed by atoms with Crippen molar-refractivity contribution in [2.24, 2.45) is 0 Å². The molecule has 0 unspecified atom stereocenters. The van der Waals surface area contributed by atoms with Crippen LogP contribution in [0.2, 0.25) is 0 Å². The maximum Gasteiger partial charge on any atom is 0.0476 e. The van der Waals surface area contributed by atoms with Crippen LogP contribution in [-0.2, 0) is 0 Å². The lowest BCUT2D eigenvalue weighted by molar-refractivity contribution is 0.301. The van der Waals surface area contributed by atoms with Gasteiger partial charge in [-0.25, -0.2) is 0 Å². The topological polar surface area (TPSA) is 20.2 Å². The Balaban J connectivity index is 2.28. The quantitative estimate of drug-likeness (QED) is 0.637. The Morgan fingerprint density at radius 2 is 2.56 bits per heavy atom. The van der Waals surface area contributed by atoms with Gasteiger partial charge >= 0.3 is 0 Å². The molecule has 0 fully saturated rings. The van der Waals surface area contributed by atoms with E-state index in [1.54, 1.807) is 0 Å². The van der Waals surface area contributed by atoms with Crippen molar-refractivity contribution >= 4 is 11.8 Å². The van der Waals surface area contributed by atoms with E-state index >= 15 is 0 Å². The van der Waals surface area contributed by atoms with Crippen molar-refractivity contribution in [2.45, 2.75) is 19.3 Å². The maximum atomic E-state index is 8.56. The molecule has 1 N–H and O–H groups in total. The van der Waals surface area contributed by atoms with Crippen LogP contribution in [0, 0.1) is 0 Å². The van der Waals surface area contributed by atoms with Gasteiger partial charge in [0.1, 0.15) is 0 Å². The molecule has 0 atom stereocenters. The lowest BCUT2D eigenvalue weighted by Crippen LogP contribution is -1.92. The van der Waals surface area contributed by atoms with Crippen molar-refractivity contribution in [1.82, 2.24) is 0 Å². The molecular weight excluding hydrogens is 132 g/mol. The lowest BCUT2D eigenvalue weighted by atomic mass is 10.3. The highest BCUT2D eigenvalue weighted by Crippen LogP contribution is 2.25. The van der Waals surface area contributed by atoms with Crippen molar-refractivity contribution < 1.29 is 5.11 Å². The predicted octanol–water partition coefficient (Wildman–Crippen LogP) is 1.78. The number of hydrogen-bond acceptors (Lipinski definition) is 2. The minimum absolute atomic E-state index is 0.304. The van der Waals surface area contributed by atoms with Gasteiger partial charge in [0, 0.05) is 13.0 Å². The molecule has 1 aliphatic heterocycles. The second-order valence-corrected chi connectivity index (χ2v) is 3.36. The van der Waals surface area contributed by atoms with Crippen LogP contribution in [0.3, 0.4) is 0 Å². The van der Waals surface area contributed by atoms with E-state index in [2.05, 4.69) is 6.08 Å². The lowest BCUT2D eigenvalue weighted by Gasteiger charge is -2.09. The van der Waals surface area contributed by atoms with Crippen LogP contribution < -0.4 is 0 Å². The van der Waals surface area contributed by atoms with E-state index in [0.717, 1.165) is 6.42 Å². The van der Waals surface area contributed by atoms with Gasteiger partial charge in [0.2, 0.25) is 0 Å². The molecular formula is C7H12OS. The summed E-state index contributed by atoms with van der Waals surface area (Å²) in [5.41, 5.74) is 0. The molecule has 0 aliphatic carbocycles. The highest BCUT2D eigenvalue weighted by Gasteiger charge is 2.01. The number of aliphatic hydroxyl groups excluding tert-OH is 1. The molecule has 0 aromatic heterocycles. The number of allylic oxidation sites excluding steroid dienone is 1. The third-order valence-corrected chi connectivity index (χ3v) is 2.60. The maximum absolute atomic E-state index is 8.56. The third-order valence-electron chi connectivity index (χ3n) is 1.37. The van der Waals surface area contributed by atoms with Gasteiger partial charge in [0.05, 0.1) is 0 Å². The predicted molar refractivity (Wildman–Crippen MR) is 41.5 cm³/mol. The van der Waals surface area contributed by atoms with Gasteiger partial charge in [0.15, 0.2) is 0 Å². The summed E-state index contributed by atoms with van der Waals surface area (Å²) >= 11 is 1.89. The standard InChI is InChI=1S/C7H12OS/c8-5-4-7-3-1-2-6-9-7/h3,8H,1-2,4-6H2. The van der Waals surface area contributed by atoms with E-state index in [4.69, 9.17) is 5.11 Å². The SMILES string of the molecule is OCCC1=CCCCS1. The molecule has 0 radical (unpaired) electrons. The van der Waals surface area contributed by atoms with Crippen LogP contribution in [0.4, 0.5) is 0 Å². The minimum atomic E-state index is 0.304. The Hall–Kier alpha value is 0.0500. The fourth-order valence-corrected chi connectivity index (χ4v) is 1.94. The molecule has 9 heavy (non-hydrogen) atoms. The van der Waals surface area contributed by atoms with Gasteiger partial charge in [0.25, 0.3) is 0 Å². The normalized spacial score (nSPS) is 19.4. The summed E-state index contributed by atoms with van der Waals surface area (Å²) in [5, 5.41) is 8.56. The van der Waals surface area contributed by atoms with E-state index in [1.807, 2.05) is 11.8 Å². The molecule has 0 saturated heterocycles. The van der Waals surface area contributed by atoms with Gasteiger partial charge in [-0.15, -0.1) is 11.8 Å². The van der Waals surface area contributed by atoms with E-state index < -0.39 is 0 Å². The van der Waals surface area contributed by atoms with Crippen LogP contribution in [0.15, 0.2) is 11.0 Å². The zero-order valence-electron chi connectivity index (χ0n) is 5.47. The molecule has 0 amide bonds. The smallest absolute Gasteiger partial charge is 0.0476 e. The van der Waals surface area contributed by atoms with Gasteiger partial charge in [-0.1, -0.05) is 6.08 Å². The summed E-state index contributed by atoms with van der Waals surface area (Å²) < 4.78 is 0. The average Bonchev–Trinajstić information content (AvgIpc) is 1.91. The molecule has 52 valence electrons. The zero-order valence-corrected chi connectivity index (χ0v) is 6.28. The Kier molecular flexibility index (Phi) is 3.15. The first-order valence-corrected chi connectivity index (χ1v) is 4.35. The average molecular weight is 144 g/mol. The van der Waals surface area contributed by atoms with Crippen LogP contribution in [-0.4, -0.2) is 17.5 Å². The summed E-state index contributed by atoms with van der Waals surface area (Å²) in [6.07, 6.45) is 5.62. The van der Waals surface area contributed by atoms with Crippen molar-refractivity contribution in [1.29, 1.82) is 0 Å². The first kappa shape index (κ1) is 7.16. The fourth-order valence-electron chi connectivity index (χ4n) is 0.893. The fraction of sp³-hybridized carbons (Fsp3) is 0.714. The van der Waals surface area contributed by atoms with E-state index in [1.165, 1.54) is 23.5 Å². The molecule has 2 heteroatoms. The summed E-state index contributed by atoms with van der Waals surface area (Å²) in [6, 6.07) is 0. The molecule has 1 heterocycles. The van der Waals surface area contributed by atoms with E-state index in [-0.39, 0.29) is 0 Å². The Bertz CT molecular complexity index is 109. The molecule has 1 aliphatic rings. The first-order chi connectivity index (χ1) is 4.43. The summed E-state index contributed by atoms with van der Waals surface area (Å²) in [6.45, 7) is 0.304. The van der Waals surface area contributed by atoms with Crippen molar-refractivity contribution in [2.75, 3.05) is 12.4 Å². The summed E-state index contributed by atoms with van der Waals surface area (Å²) in [5.74, 6) is 1.24. The first-order valence-electron chi connectivity index (χ1n) is 3.36. The molecule has 1 rings (SSSR count).